The second-order valence-electron chi connectivity index (χ2n) is 8.17. The molecule has 4 rings (SSSR count). The van der Waals surface area contributed by atoms with E-state index >= 15 is 0 Å². The van der Waals surface area contributed by atoms with E-state index in [0.29, 0.717) is 16.8 Å². The normalized spacial score (nSPS) is 15.3. The predicted molar refractivity (Wildman–Crippen MR) is 130 cm³/mol. The van der Waals surface area contributed by atoms with Gasteiger partial charge in [0.2, 0.25) is 0 Å². The number of amides is 4. The van der Waals surface area contributed by atoms with Crippen LogP contribution >= 0.6 is 0 Å². The van der Waals surface area contributed by atoms with Crippen molar-refractivity contribution >= 4 is 39.7 Å². The Labute approximate surface area is 203 Å². The maximum Gasteiger partial charge on any atom is 0.339 e. The van der Waals surface area contributed by atoms with Crippen LogP contribution in [0.1, 0.15) is 22.3 Å². The summed E-state index contributed by atoms with van der Waals surface area (Å²) in [5, 5.41) is 2.19. The predicted octanol–water partition coefficient (Wildman–Crippen LogP) is 4.05. The Kier molecular flexibility index (Phi) is 6.27. The lowest BCUT2D eigenvalue weighted by Crippen LogP contribution is -2.54. The summed E-state index contributed by atoms with van der Waals surface area (Å²) in [5.41, 5.74) is 3.18. The van der Waals surface area contributed by atoms with Gasteiger partial charge >= 0.3 is 16.1 Å². The molecule has 35 heavy (non-hydrogen) atoms. The highest BCUT2D eigenvalue weighted by Crippen LogP contribution is 2.26. The number of imide groups is 2. The van der Waals surface area contributed by atoms with Crippen molar-refractivity contribution in [2.45, 2.75) is 25.7 Å². The van der Waals surface area contributed by atoms with Gasteiger partial charge in [-0.3, -0.25) is 14.9 Å². The Morgan fingerprint density at radius 2 is 1.46 bits per heavy atom. The monoisotopic (exact) mass is 490 g/mol. The number of carbonyl (C=O) groups excluding carboxylic acids is 3. The van der Waals surface area contributed by atoms with Crippen LogP contribution < -0.4 is 14.4 Å². The van der Waals surface area contributed by atoms with Crippen LogP contribution in [0.15, 0.2) is 77.2 Å². The summed E-state index contributed by atoms with van der Waals surface area (Å²) in [6.07, 6.45) is 1.33. The Morgan fingerprint density at radius 1 is 0.829 bits per heavy atom. The lowest BCUT2D eigenvalue weighted by molar-refractivity contribution is -0.122. The van der Waals surface area contributed by atoms with Crippen molar-refractivity contribution in [2.75, 3.05) is 4.90 Å². The second-order valence-corrected chi connectivity index (χ2v) is 9.71. The van der Waals surface area contributed by atoms with Crippen molar-refractivity contribution in [2.24, 2.45) is 0 Å². The number of anilines is 1. The van der Waals surface area contributed by atoms with Crippen LogP contribution in [-0.4, -0.2) is 26.3 Å². The van der Waals surface area contributed by atoms with E-state index in [-0.39, 0.29) is 16.2 Å². The maximum absolute atomic E-state index is 13.1. The molecule has 0 bridgehead atoms. The minimum Gasteiger partial charge on any atom is -0.379 e. The highest BCUT2D eigenvalue weighted by molar-refractivity contribution is 7.87. The van der Waals surface area contributed by atoms with E-state index in [1.54, 1.807) is 31.2 Å². The first kappa shape index (κ1) is 23.9. The first-order chi connectivity index (χ1) is 16.5. The van der Waals surface area contributed by atoms with Gasteiger partial charge in [0.15, 0.2) is 0 Å². The molecule has 8 nitrogen and oxygen atoms in total. The molecule has 178 valence electrons. The fourth-order valence-electron chi connectivity index (χ4n) is 3.60. The molecule has 0 saturated carbocycles. The van der Waals surface area contributed by atoms with Crippen LogP contribution in [0.4, 0.5) is 10.5 Å². The number of nitrogens with zero attached hydrogens (tertiary/aromatic N) is 1. The average molecular weight is 491 g/mol. The molecular formula is C26H22N2O6S. The molecule has 1 N–H and O–H groups in total. The summed E-state index contributed by atoms with van der Waals surface area (Å²) < 4.78 is 30.1. The van der Waals surface area contributed by atoms with E-state index < -0.39 is 28.0 Å². The Bertz CT molecular complexity index is 1470. The smallest absolute Gasteiger partial charge is 0.339 e. The van der Waals surface area contributed by atoms with Gasteiger partial charge in [0, 0.05) is 0 Å². The zero-order valence-corrected chi connectivity index (χ0v) is 20.0. The van der Waals surface area contributed by atoms with Gasteiger partial charge < -0.3 is 4.18 Å². The van der Waals surface area contributed by atoms with Gasteiger partial charge in [0.05, 0.1) is 5.69 Å². The molecule has 1 heterocycles. The number of urea groups is 1. The molecule has 1 saturated heterocycles. The van der Waals surface area contributed by atoms with Gasteiger partial charge in [-0.2, -0.15) is 8.42 Å². The largest absolute Gasteiger partial charge is 0.379 e. The van der Waals surface area contributed by atoms with Crippen LogP contribution in [0, 0.1) is 20.8 Å². The Balaban J connectivity index is 1.58. The molecule has 0 radical (unpaired) electrons. The van der Waals surface area contributed by atoms with E-state index in [0.717, 1.165) is 16.0 Å². The van der Waals surface area contributed by atoms with Crippen LogP contribution in [0.25, 0.3) is 6.08 Å². The molecule has 0 aliphatic carbocycles. The number of hydrogen-bond donors (Lipinski definition) is 1. The lowest BCUT2D eigenvalue weighted by Gasteiger charge is -2.27. The molecule has 0 atom stereocenters. The van der Waals surface area contributed by atoms with Gasteiger partial charge in [-0.05, 0) is 68.3 Å². The standard InChI is InChI=1S/C26H22N2O6S/c1-16-4-11-21(12-5-16)35(32,33)34-20-9-7-19(8-10-20)15-22-24(29)27-26(31)28(25(22)30)23-13-6-17(2)14-18(23)3/h4-15H,1-3H3,(H,27,29,31)/b22-15+. The molecule has 3 aromatic carbocycles. The topological polar surface area (TPSA) is 110 Å². The number of barbiturate groups is 1. The molecule has 3 aromatic rings. The quantitative estimate of drug-likeness (QED) is 0.328. The van der Waals surface area contributed by atoms with Crippen LogP contribution in [0.3, 0.4) is 0 Å². The fraction of sp³-hybridized carbons (Fsp3) is 0.115. The zero-order chi connectivity index (χ0) is 25.3. The third kappa shape index (κ3) is 4.99. The van der Waals surface area contributed by atoms with Crippen LogP contribution in [-0.2, 0) is 19.7 Å². The highest BCUT2D eigenvalue weighted by atomic mass is 32.2. The zero-order valence-electron chi connectivity index (χ0n) is 19.2. The SMILES string of the molecule is Cc1ccc(S(=O)(=O)Oc2ccc(/C=C3\C(=O)NC(=O)N(c4ccc(C)cc4C)C3=O)cc2)cc1. The summed E-state index contributed by atoms with van der Waals surface area (Å²) in [4.78, 5) is 38.9. The summed E-state index contributed by atoms with van der Waals surface area (Å²) in [5.74, 6) is -1.50. The van der Waals surface area contributed by atoms with Crippen molar-refractivity contribution < 1.29 is 27.0 Å². The molecule has 1 aliphatic rings. The first-order valence-electron chi connectivity index (χ1n) is 10.6. The van der Waals surface area contributed by atoms with Gasteiger partial charge in [-0.15, -0.1) is 0 Å². The minimum absolute atomic E-state index is 0.0231. The third-order valence-electron chi connectivity index (χ3n) is 5.40. The van der Waals surface area contributed by atoms with Gasteiger partial charge in [-0.1, -0.05) is 47.5 Å². The van der Waals surface area contributed by atoms with Crippen molar-refractivity contribution in [1.82, 2.24) is 5.32 Å². The van der Waals surface area contributed by atoms with Gasteiger partial charge in [-0.25, -0.2) is 9.69 Å². The summed E-state index contributed by atoms with van der Waals surface area (Å²) in [6.45, 7) is 5.51. The first-order valence-corrected chi connectivity index (χ1v) is 12.1. The molecule has 9 heteroatoms. The average Bonchev–Trinajstić information content (AvgIpc) is 2.79. The molecule has 1 aliphatic heterocycles. The van der Waals surface area contributed by atoms with Gasteiger partial charge in [0.25, 0.3) is 11.8 Å². The van der Waals surface area contributed by atoms with Crippen molar-refractivity contribution in [1.29, 1.82) is 0 Å². The fourth-order valence-corrected chi connectivity index (χ4v) is 4.53. The van der Waals surface area contributed by atoms with Crippen molar-refractivity contribution in [3.05, 3.63) is 94.6 Å². The van der Waals surface area contributed by atoms with Crippen molar-refractivity contribution in [3.8, 4) is 5.75 Å². The Morgan fingerprint density at radius 3 is 2.09 bits per heavy atom. The summed E-state index contributed by atoms with van der Waals surface area (Å²) >= 11 is 0. The van der Waals surface area contributed by atoms with E-state index in [1.807, 2.05) is 19.9 Å². The van der Waals surface area contributed by atoms with E-state index in [4.69, 9.17) is 4.18 Å². The number of hydrogen-bond acceptors (Lipinski definition) is 6. The molecule has 4 amide bonds. The number of aryl methyl sites for hydroxylation is 3. The molecule has 0 aromatic heterocycles. The second kappa shape index (κ2) is 9.19. The van der Waals surface area contributed by atoms with Gasteiger partial charge in [0.1, 0.15) is 16.2 Å². The van der Waals surface area contributed by atoms with Crippen molar-refractivity contribution in [3.63, 3.8) is 0 Å². The molecule has 0 spiro atoms. The molecular weight excluding hydrogens is 468 g/mol. The van der Waals surface area contributed by atoms with E-state index in [1.165, 1.54) is 42.5 Å². The highest BCUT2D eigenvalue weighted by Gasteiger charge is 2.37. The number of rotatable bonds is 5. The lowest BCUT2D eigenvalue weighted by atomic mass is 10.0. The third-order valence-corrected chi connectivity index (χ3v) is 6.66. The van der Waals surface area contributed by atoms with Crippen LogP contribution in [0.2, 0.25) is 0 Å². The van der Waals surface area contributed by atoms with Crippen LogP contribution in [0.5, 0.6) is 5.75 Å². The maximum atomic E-state index is 13.1. The summed E-state index contributed by atoms with van der Waals surface area (Å²) in [7, 11) is -4.02. The number of benzene rings is 3. The summed E-state index contributed by atoms with van der Waals surface area (Å²) in [6, 6.07) is 16.5. The number of carbonyl (C=O) groups is 3. The number of nitrogens with one attached hydrogen (secondary N) is 1. The molecule has 0 unspecified atom stereocenters. The Hall–Kier alpha value is -4.24. The van der Waals surface area contributed by atoms with E-state index in [9.17, 15) is 22.8 Å². The minimum atomic E-state index is -4.02. The molecule has 1 fully saturated rings. The van der Waals surface area contributed by atoms with E-state index in [2.05, 4.69) is 5.32 Å².